The minimum Gasteiger partial charge on any atom is -0.342 e. The van der Waals surface area contributed by atoms with Crippen LogP contribution in [0.3, 0.4) is 0 Å². The summed E-state index contributed by atoms with van der Waals surface area (Å²) in [7, 11) is 0. The molecule has 160 valence electrons. The minimum atomic E-state index is -0.133. The first kappa shape index (κ1) is 21.9. The molecule has 2 aromatic carbocycles. The van der Waals surface area contributed by atoms with Crippen LogP contribution in [0.15, 0.2) is 59.6 Å². The lowest BCUT2D eigenvalue weighted by Crippen LogP contribution is -2.42. The lowest BCUT2D eigenvalue weighted by atomic mass is 9.96. The number of amides is 2. The maximum atomic E-state index is 12.7. The van der Waals surface area contributed by atoms with Gasteiger partial charge in [0.1, 0.15) is 5.82 Å². The van der Waals surface area contributed by atoms with Gasteiger partial charge in [0, 0.05) is 40.5 Å². The van der Waals surface area contributed by atoms with Gasteiger partial charge in [0.25, 0.3) is 0 Å². The minimum absolute atomic E-state index is 0.0679. The third-order valence-corrected chi connectivity index (χ3v) is 6.94. The van der Waals surface area contributed by atoms with E-state index >= 15 is 0 Å². The molecule has 0 spiro atoms. The summed E-state index contributed by atoms with van der Waals surface area (Å²) in [5.74, 6) is 0.702. The highest BCUT2D eigenvalue weighted by Gasteiger charge is 2.27. The van der Waals surface area contributed by atoms with E-state index < -0.39 is 0 Å². The molecule has 1 saturated heterocycles. The number of anilines is 1. The molecule has 0 atom stereocenters. The summed E-state index contributed by atoms with van der Waals surface area (Å²) in [6.07, 6.45) is 2.77. The van der Waals surface area contributed by atoms with Crippen LogP contribution < -0.4 is 5.32 Å². The molecule has 0 radical (unpaired) electrons. The first-order valence-corrected chi connectivity index (χ1v) is 11.8. The maximum Gasteiger partial charge on any atom is 0.232 e. The van der Waals surface area contributed by atoms with Crippen molar-refractivity contribution >= 4 is 63.4 Å². The van der Waals surface area contributed by atoms with Crippen LogP contribution >= 0.6 is 35.0 Å². The lowest BCUT2D eigenvalue weighted by Gasteiger charge is -2.31. The average molecular weight is 474 g/mol. The largest absolute Gasteiger partial charge is 0.342 e. The van der Waals surface area contributed by atoms with Gasteiger partial charge in [-0.05, 0) is 42.5 Å². The summed E-state index contributed by atoms with van der Waals surface area (Å²) >= 11 is 13.7. The van der Waals surface area contributed by atoms with Crippen molar-refractivity contribution < 1.29 is 9.59 Å². The molecule has 1 aromatic heterocycles. The number of hydrogen-bond donors (Lipinski definition) is 1. The van der Waals surface area contributed by atoms with Gasteiger partial charge >= 0.3 is 0 Å². The Morgan fingerprint density at radius 3 is 2.52 bits per heavy atom. The zero-order valence-corrected chi connectivity index (χ0v) is 19.0. The molecule has 1 N–H and O–H groups in total. The van der Waals surface area contributed by atoms with Crippen molar-refractivity contribution in [1.29, 1.82) is 0 Å². The van der Waals surface area contributed by atoms with Crippen LogP contribution in [-0.2, 0) is 9.59 Å². The number of halogens is 2. The Morgan fingerprint density at radius 1 is 1.06 bits per heavy atom. The van der Waals surface area contributed by atoms with Crippen molar-refractivity contribution in [1.82, 2.24) is 9.88 Å². The van der Waals surface area contributed by atoms with Crippen molar-refractivity contribution in [3.05, 3.63) is 64.8 Å². The number of fused-ring (bicyclic) bond motifs is 1. The van der Waals surface area contributed by atoms with E-state index in [-0.39, 0.29) is 17.7 Å². The van der Waals surface area contributed by atoms with Crippen LogP contribution in [-0.4, -0.2) is 40.5 Å². The van der Waals surface area contributed by atoms with Gasteiger partial charge in [-0.25, -0.2) is 4.98 Å². The van der Waals surface area contributed by atoms with E-state index in [2.05, 4.69) is 10.3 Å². The number of nitrogens with one attached hydrogen (secondary N) is 1. The molecule has 3 aromatic rings. The van der Waals surface area contributed by atoms with Crippen LogP contribution in [0.4, 0.5) is 5.82 Å². The zero-order valence-electron chi connectivity index (χ0n) is 16.7. The van der Waals surface area contributed by atoms with Gasteiger partial charge in [0.2, 0.25) is 11.8 Å². The predicted octanol–water partition coefficient (Wildman–Crippen LogP) is 5.51. The number of thioether (sulfide) groups is 1. The highest BCUT2D eigenvalue weighted by Crippen LogP contribution is 2.33. The Morgan fingerprint density at radius 2 is 1.81 bits per heavy atom. The second-order valence-corrected chi connectivity index (χ2v) is 9.25. The molecule has 1 fully saturated rings. The van der Waals surface area contributed by atoms with Gasteiger partial charge in [-0.15, -0.1) is 11.8 Å². The molecule has 5 nitrogen and oxygen atoms in total. The molecule has 31 heavy (non-hydrogen) atoms. The highest BCUT2D eigenvalue weighted by molar-refractivity contribution is 8.00. The monoisotopic (exact) mass is 473 g/mol. The van der Waals surface area contributed by atoms with Crippen molar-refractivity contribution in [2.75, 3.05) is 24.2 Å². The second-order valence-electron chi connectivity index (χ2n) is 7.39. The number of pyridine rings is 1. The molecule has 0 bridgehead atoms. The number of carbonyl (C=O) groups excluding carboxylic acids is 2. The van der Waals surface area contributed by atoms with Gasteiger partial charge < -0.3 is 10.2 Å². The van der Waals surface area contributed by atoms with Crippen molar-refractivity contribution in [3.8, 4) is 0 Å². The molecular weight excluding hydrogens is 453 g/mol. The number of aromatic nitrogens is 1. The van der Waals surface area contributed by atoms with Gasteiger partial charge in [0.05, 0.1) is 10.8 Å². The second kappa shape index (κ2) is 9.90. The van der Waals surface area contributed by atoms with Crippen molar-refractivity contribution in [3.63, 3.8) is 0 Å². The predicted molar refractivity (Wildman–Crippen MR) is 127 cm³/mol. The highest BCUT2D eigenvalue weighted by atomic mass is 35.5. The standard InChI is InChI=1S/C23H21Cl2N3O2S/c24-17-7-8-20(26-13-17)27-23(30)16-9-11-28(12-10-16)21(29)14-31-19-6-2-4-15-3-1-5-18(25)22(15)19/h1-8,13,16H,9-12,14H2,(H,26,27,30). The topological polar surface area (TPSA) is 62.3 Å². The van der Waals surface area contributed by atoms with E-state index in [0.717, 1.165) is 15.7 Å². The zero-order chi connectivity index (χ0) is 21.8. The fraction of sp³-hybridized carbons (Fsp3) is 0.261. The van der Waals surface area contributed by atoms with Crippen LogP contribution in [0.25, 0.3) is 10.8 Å². The number of rotatable bonds is 5. The Kier molecular flexibility index (Phi) is 7.00. The van der Waals surface area contributed by atoms with Gasteiger partial charge in [0.15, 0.2) is 0 Å². The molecule has 0 unspecified atom stereocenters. The number of hydrogen-bond acceptors (Lipinski definition) is 4. The summed E-state index contributed by atoms with van der Waals surface area (Å²) in [5.41, 5.74) is 0. The smallest absolute Gasteiger partial charge is 0.232 e. The van der Waals surface area contributed by atoms with Crippen LogP contribution in [0.2, 0.25) is 10.0 Å². The van der Waals surface area contributed by atoms with Crippen LogP contribution in [0.1, 0.15) is 12.8 Å². The number of piperidine rings is 1. The quantitative estimate of drug-likeness (QED) is 0.496. The maximum absolute atomic E-state index is 12.7. The summed E-state index contributed by atoms with van der Waals surface area (Å²) in [4.78, 5) is 32.2. The normalized spacial score (nSPS) is 14.6. The number of benzene rings is 2. The Balaban J connectivity index is 1.30. The molecule has 1 aliphatic heterocycles. The number of likely N-dealkylation sites (tertiary alicyclic amines) is 1. The van der Waals surface area contributed by atoms with E-state index in [0.29, 0.717) is 47.5 Å². The molecular formula is C23H21Cl2N3O2S. The molecule has 1 aliphatic rings. The average Bonchev–Trinajstić information content (AvgIpc) is 2.79. The summed E-state index contributed by atoms with van der Waals surface area (Å²) in [6, 6.07) is 15.2. The van der Waals surface area contributed by atoms with E-state index in [1.165, 1.54) is 18.0 Å². The van der Waals surface area contributed by atoms with Gasteiger partial charge in [-0.1, -0.05) is 47.5 Å². The Labute approximate surface area is 195 Å². The summed E-state index contributed by atoms with van der Waals surface area (Å²) in [5, 5.41) is 6.08. The number of nitrogens with zero attached hydrogens (tertiary/aromatic N) is 2. The van der Waals surface area contributed by atoms with Gasteiger partial charge in [-0.3, -0.25) is 9.59 Å². The molecule has 4 rings (SSSR count). The Bertz CT molecular complexity index is 1090. The third kappa shape index (κ3) is 5.32. The molecule has 2 heterocycles. The molecule has 8 heteroatoms. The van der Waals surface area contributed by atoms with Crippen LogP contribution in [0, 0.1) is 5.92 Å². The Hall–Kier alpha value is -2.28. The van der Waals surface area contributed by atoms with E-state index in [4.69, 9.17) is 23.2 Å². The number of carbonyl (C=O) groups is 2. The fourth-order valence-corrected chi connectivity index (χ4v) is 5.14. The SMILES string of the molecule is O=C(Nc1ccc(Cl)cn1)C1CCN(C(=O)CSc2cccc3cccc(Cl)c23)CC1. The van der Waals surface area contributed by atoms with E-state index in [1.54, 1.807) is 12.1 Å². The first-order chi connectivity index (χ1) is 15.0. The molecule has 2 amide bonds. The van der Waals surface area contributed by atoms with Gasteiger partial charge in [-0.2, -0.15) is 0 Å². The summed E-state index contributed by atoms with van der Waals surface area (Å²) in [6.45, 7) is 1.14. The summed E-state index contributed by atoms with van der Waals surface area (Å²) < 4.78 is 0. The third-order valence-electron chi connectivity index (χ3n) is 5.36. The first-order valence-electron chi connectivity index (χ1n) is 10.0. The molecule has 0 saturated carbocycles. The lowest BCUT2D eigenvalue weighted by molar-refractivity contribution is -0.132. The van der Waals surface area contributed by atoms with Crippen molar-refractivity contribution in [2.24, 2.45) is 5.92 Å². The van der Waals surface area contributed by atoms with E-state index in [1.807, 2.05) is 41.3 Å². The van der Waals surface area contributed by atoms with E-state index in [9.17, 15) is 9.59 Å². The van der Waals surface area contributed by atoms with Crippen molar-refractivity contribution in [2.45, 2.75) is 17.7 Å². The molecule has 0 aliphatic carbocycles. The van der Waals surface area contributed by atoms with Crippen LogP contribution in [0.5, 0.6) is 0 Å². The fourth-order valence-electron chi connectivity index (χ4n) is 3.68.